The molecule has 1 aromatic carbocycles. The van der Waals surface area contributed by atoms with Crippen LogP contribution in [-0.4, -0.2) is 22.1 Å². The van der Waals surface area contributed by atoms with Crippen LogP contribution < -0.4 is 11.1 Å². The van der Waals surface area contributed by atoms with Gasteiger partial charge in [0.25, 0.3) is 0 Å². The minimum Gasteiger partial charge on any atom is -0.337 e. The highest BCUT2D eigenvalue weighted by molar-refractivity contribution is 5.30. The van der Waals surface area contributed by atoms with E-state index in [0.29, 0.717) is 12.6 Å². The van der Waals surface area contributed by atoms with Gasteiger partial charge in [0, 0.05) is 37.4 Å². The zero-order valence-corrected chi connectivity index (χ0v) is 12.8. The van der Waals surface area contributed by atoms with Crippen molar-refractivity contribution in [1.82, 2.24) is 14.9 Å². The van der Waals surface area contributed by atoms with Crippen LogP contribution in [0.4, 0.5) is 0 Å². The number of aryl methyl sites for hydroxylation is 1. The zero-order chi connectivity index (χ0) is 14.9. The number of nitrogens with one attached hydrogen (secondary N) is 1. The summed E-state index contributed by atoms with van der Waals surface area (Å²) < 4.78 is 2.07. The van der Waals surface area contributed by atoms with Gasteiger partial charge in [-0.25, -0.2) is 4.98 Å². The molecule has 4 nitrogen and oxygen atoms in total. The number of benzene rings is 1. The van der Waals surface area contributed by atoms with E-state index in [1.165, 1.54) is 5.56 Å². The molecular weight excluding hydrogens is 260 g/mol. The average molecular weight is 284 g/mol. The predicted molar refractivity (Wildman–Crippen MR) is 85.0 cm³/mol. The maximum atomic E-state index is 6.07. The molecule has 0 aliphatic heterocycles. The predicted octanol–water partition coefficient (Wildman–Crippen LogP) is 2.13. The standard InChI is InChI=1S/C17H24N4/c1-13(16-19-8-9-21(16)2)20-15-10-17(11-15,12-18)14-6-4-3-5-7-14/h3-9,13,15,20H,10-12,18H2,1-2H3. The van der Waals surface area contributed by atoms with Gasteiger partial charge in [0.1, 0.15) is 5.82 Å². The molecule has 0 radical (unpaired) electrons. The van der Waals surface area contributed by atoms with Crippen LogP contribution in [-0.2, 0) is 12.5 Å². The number of aromatic nitrogens is 2. The Balaban J connectivity index is 1.63. The summed E-state index contributed by atoms with van der Waals surface area (Å²) in [7, 11) is 2.04. The molecule has 3 rings (SSSR count). The number of rotatable bonds is 5. The van der Waals surface area contributed by atoms with Crippen LogP contribution in [0.15, 0.2) is 42.7 Å². The van der Waals surface area contributed by atoms with E-state index in [2.05, 4.69) is 52.1 Å². The number of nitrogens with zero attached hydrogens (tertiary/aromatic N) is 2. The van der Waals surface area contributed by atoms with E-state index in [-0.39, 0.29) is 11.5 Å². The van der Waals surface area contributed by atoms with Crippen molar-refractivity contribution in [1.29, 1.82) is 0 Å². The molecule has 0 saturated heterocycles. The lowest BCUT2D eigenvalue weighted by atomic mass is 9.61. The summed E-state index contributed by atoms with van der Waals surface area (Å²) in [6.07, 6.45) is 6.04. The second-order valence-corrected chi connectivity index (χ2v) is 6.24. The van der Waals surface area contributed by atoms with E-state index in [1.54, 1.807) is 0 Å². The van der Waals surface area contributed by atoms with E-state index in [0.717, 1.165) is 18.7 Å². The van der Waals surface area contributed by atoms with E-state index < -0.39 is 0 Å². The highest BCUT2D eigenvalue weighted by atomic mass is 15.1. The zero-order valence-electron chi connectivity index (χ0n) is 12.8. The second-order valence-electron chi connectivity index (χ2n) is 6.24. The first-order chi connectivity index (χ1) is 10.1. The van der Waals surface area contributed by atoms with Gasteiger partial charge in [-0.05, 0) is 25.3 Å². The minimum absolute atomic E-state index is 0.153. The normalized spacial score (nSPS) is 26.3. The largest absolute Gasteiger partial charge is 0.337 e. The molecule has 3 N–H and O–H groups in total. The Morgan fingerprint density at radius 3 is 2.67 bits per heavy atom. The Morgan fingerprint density at radius 1 is 1.38 bits per heavy atom. The van der Waals surface area contributed by atoms with Crippen molar-refractivity contribution in [2.24, 2.45) is 12.8 Å². The highest BCUT2D eigenvalue weighted by Gasteiger charge is 2.44. The van der Waals surface area contributed by atoms with Crippen LogP contribution in [0, 0.1) is 0 Å². The number of nitrogens with two attached hydrogens (primary N) is 1. The summed E-state index contributed by atoms with van der Waals surface area (Å²) in [4.78, 5) is 4.42. The monoisotopic (exact) mass is 284 g/mol. The maximum Gasteiger partial charge on any atom is 0.125 e. The van der Waals surface area contributed by atoms with Crippen LogP contribution in [0.5, 0.6) is 0 Å². The number of imidazole rings is 1. The Kier molecular flexibility index (Phi) is 3.83. The van der Waals surface area contributed by atoms with Crippen LogP contribution in [0.1, 0.15) is 37.2 Å². The lowest BCUT2D eigenvalue weighted by Gasteiger charge is -2.48. The summed E-state index contributed by atoms with van der Waals surface area (Å²) in [6.45, 7) is 2.89. The molecule has 4 heteroatoms. The van der Waals surface area contributed by atoms with Crippen molar-refractivity contribution >= 4 is 0 Å². The molecule has 1 heterocycles. The fraction of sp³-hybridized carbons (Fsp3) is 0.471. The van der Waals surface area contributed by atoms with Gasteiger partial charge in [-0.1, -0.05) is 30.3 Å². The number of hydrogen-bond acceptors (Lipinski definition) is 3. The molecule has 0 bridgehead atoms. The fourth-order valence-electron chi connectivity index (χ4n) is 3.54. The van der Waals surface area contributed by atoms with Crippen molar-refractivity contribution < 1.29 is 0 Å². The minimum atomic E-state index is 0.153. The van der Waals surface area contributed by atoms with E-state index in [9.17, 15) is 0 Å². The van der Waals surface area contributed by atoms with Gasteiger partial charge in [-0.2, -0.15) is 0 Å². The Morgan fingerprint density at radius 2 is 2.10 bits per heavy atom. The van der Waals surface area contributed by atoms with E-state index in [4.69, 9.17) is 5.73 Å². The lowest BCUT2D eigenvalue weighted by molar-refractivity contribution is 0.165. The summed E-state index contributed by atoms with van der Waals surface area (Å²) in [5.41, 5.74) is 7.59. The molecule has 0 spiro atoms. The van der Waals surface area contributed by atoms with Gasteiger partial charge in [-0.15, -0.1) is 0 Å². The van der Waals surface area contributed by atoms with Gasteiger partial charge in [0.05, 0.1) is 6.04 Å². The summed E-state index contributed by atoms with van der Waals surface area (Å²) in [6, 6.07) is 11.4. The SMILES string of the molecule is CC(NC1CC(CN)(c2ccccc2)C1)c1nccn1C. The summed E-state index contributed by atoms with van der Waals surface area (Å²) >= 11 is 0. The molecule has 112 valence electrons. The van der Waals surface area contributed by atoms with Crippen LogP contribution in [0.2, 0.25) is 0 Å². The average Bonchev–Trinajstić information content (AvgIpc) is 2.89. The molecule has 0 amide bonds. The highest BCUT2D eigenvalue weighted by Crippen LogP contribution is 2.43. The quantitative estimate of drug-likeness (QED) is 0.884. The van der Waals surface area contributed by atoms with Gasteiger partial charge < -0.3 is 15.6 Å². The molecule has 1 aliphatic rings. The van der Waals surface area contributed by atoms with Gasteiger partial charge in [0.2, 0.25) is 0 Å². The molecule has 1 aliphatic carbocycles. The van der Waals surface area contributed by atoms with Crippen LogP contribution >= 0.6 is 0 Å². The van der Waals surface area contributed by atoms with Crippen molar-refractivity contribution in [2.45, 2.75) is 37.3 Å². The Hall–Kier alpha value is -1.65. The van der Waals surface area contributed by atoms with Crippen molar-refractivity contribution in [3.63, 3.8) is 0 Å². The topological polar surface area (TPSA) is 55.9 Å². The first kappa shape index (κ1) is 14.3. The second kappa shape index (κ2) is 5.62. The van der Waals surface area contributed by atoms with Crippen LogP contribution in [0.25, 0.3) is 0 Å². The maximum absolute atomic E-state index is 6.07. The first-order valence-electron chi connectivity index (χ1n) is 7.63. The third-order valence-corrected chi connectivity index (χ3v) is 4.78. The summed E-state index contributed by atoms with van der Waals surface area (Å²) in [5, 5.41) is 3.68. The molecule has 1 atom stereocenters. The van der Waals surface area contributed by atoms with Crippen LogP contribution in [0.3, 0.4) is 0 Å². The molecule has 21 heavy (non-hydrogen) atoms. The fourth-order valence-corrected chi connectivity index (χ4v) is 3.54. The van der Waals surface area contributed by atoms with E-state index in [1.807, 2.05) is 19.4 Å². The lowest BCUT2D eigenvalue weighted by Crippen LogP contribution is -2.55. The number of hydrogen-bond donors (Lipinski definition) is 2. The van der Waals surface area contributed by atoms with Crippen molar-refractivity contribution in [2.75, 3.05) is 6.54 Å². The van der Waals surface area contributed by atoms with Crippen molar-refractivity contribution in [3.8, 4) is 0 Å². The third-order valence-electron chi connectivity index (χ3n) is 4.78. The molecule has 1 fully saturated rings. The van der Waals surface area contributed by atoms with Gasteiger partial charge >= 0.3 is 0 Å². The third kappa shape index (κ3) is 2.61. The molecule has 2 aromatic rings. The van der Waals surface area contributed by atoms with Gasteiger partial charge in [-0.3, -0.25) is 0 Å². The van der Waals surface area contributed by atoms with Gasteiger partial charge in [0.15, 0.2) is 0 Å². The molecule has 1 unspecified atom stereocenters. The molecule has 1 saturated carbocycles. The Labute approximate surface area is 126 Å². The smallest absolute Gasteiger partial charge is 0.125 e. The molecular formula is C17H24N4. The first-order valence-corrected chi connectivity index (χ1v) is 7.63. The Bertz CT molecular complexity index is 584. The molecule has 1 aromatic heterocycles. The van der Waals surface area contributed by atoms with E-state index >= 15 is 0 Å². The summed E-state index contributed by atoms with van der Waals surface area (Å²) in [5.74, 6) is 1.08. The van der Waals surface area contributed by atoms with Crippen molar-refractivity contribution in [3.05, 3.63) is 54.1 Å².